The van der Waals surface area contributed by atoms with E-state index < -0.39 is 17.6 Å². The van der Waals surface area contributed by atoms with Crippen LogP contribution < -0.4 is 5.32 Å². The van der Waals surface area contributed by atoms with Crippen molar-refractivity contribution in [3.05, 3.63) is 71.0 Å². The number of nitrogens with one attached hydrogen (secondary N) is 1. The Morgan fingerprint density at radius 3 is 2.29 bits per heavy atom. The molecule has 8 heteroatoms. The highest BCUT2D eigenvalue weighted by molar-refractivity contribution is 5.99. The first-order chi connectivity index (χ1) is 16.2. The zero-order chi connectivity index (χ0) is 24.5. The fraction of sp³-hybridized carbons (Fsp3) is 0.423. The highest BCUT2D eigenvalue weighted by atomic mass is 19.1. The minimum atomic E-state index is -1.01. The molecule has 1 N–H and O–H groups in total. The summed E-state index contributed by atoms with van der Waals surface area (Å²) in [5.74, 6) is -1.18. The number of aryl methyl sites for hydroxylation is 1. The largest absolute Gasteiger partial charge is 0.353 e. The van der Waals surface area contributed by atoms with E-state index in [2.05, 4.69) is 5.32 Å². The smallest absolute Gasteiger partial charge is 0.256 e. The van der Waals surface area contributed by atoms with E-state index in [9.17, 15) is 18.8 Å². The van der Waals surface area contributed by atoms with Crippen LogP contribution in [0.15, 0.2) is 48.5 Å². The van der Waals surface area contributed by atoms with Gasteiger partial charge in [-0.25, -0.2) is 4.39 Å². The molecule has 2 aromatic carbocycles. The summed E-state index contributed by atoms with van der Waals surface area (Å²) in [6.45, 7) is 6.45. The van der Waals surface area contributed by atoms with Crippen molar-refractivity contribution in [2.45, 2.75) is 51.4 Å². The van der Waals surface area contributed by atoms with E-state index in [0.717, 1.165) is 5.56 Å². The average Bonchev–Trinajstić information content (AvgIpc) is 3.17. The minimum absolute atomic E-state index is 0.0588. The number of amides is 3. The van der Waals surface area contributed by atoms with Gasteiger partial charge in [-0.3, -0.25) is 19.3 Å². The Bertz CT molecular complexity index is 1080. The lowest BCUT2D eigenvalue weighted by atomic mass is 9.95. The summed E-state index contributed by atoms with van der Waals surface area (Å²) in [5.41, 5.74) is 0.835. The van der Waals surface area contributed by atoms with Gasteiger partial charge in [0.15, 0.2) is 0 Å². The third kappa shape index (κ3) is 4.55. The molecule has 2 aliphatic rings. The lowest BCUT2D eigenvalue weighted by Crippen LogP contribution is -2.60. The van der Waals surface area contributed by atoms with Crippen molar-refractivity contribution in [1.82, 2.24) is 15.1 Å². The van der Waals surface area contributed by atoms with Crippen molar-refractivity contribution < 1.29 is 23.5 Å². The predicted octanol–water partition coefficient (Wildman–Crippen LogP) is 3.13. The third-order valence-electron chi connectivity index (χ3n) is 6.51. The summed E-state index contributed by atoms with van der Waals surface area (Å²) in [7, 11) is 0. The van der Waals surface area contributed by atoms with Crippen LogP contribution in [-0.2, 0) is 9.53 Å². The Morgan fingerprint density at radius 2 is 1.68 bits per heavy atom. The lowest BCUT2D eigenvalue weighted by Gasteiger charge is -2.44. The highest BCUT2D eigenvalue weighted by Crippen LogP contribution is 2.39. The number of likely N-dealkylation sites (tertiary alicyclic amines) is 1. The molecule has 2 saturated heterocycles. The van der Waals surface area contributed by atoms with Gasteiger partial charge in [0.05, 0.1) is 6.61 Å². The van der Waals surface area contributed by atoms with Gasteiger partial charge >= 0.3 is 0 Å². The van der Waals surface area contributed by atoms with Crippen LogP contribution in [0.3, 0.4) is 0 Å². The maximum absolute atomic E-state index is 13.6. The van der Waals surface area contributed by atoms with Crippen molar-refractivity contribution in [3.8, 4) is 0 Å². The molecule has 1 spiro atoms. The standard InChI is InChI=1S/C26H30FN3O4/c1-17(2)28-23(31)22-16-34-26(30(22)24(32)19-8-10-20(27)11-9-19)12-14-29(15-13-26)25(33)21-7-5-4-6-18(21)3/h4-11,17,22H,12-16H2,1-3H3,(H,28,31). The Kier molecular flexibility index (Phi) is 6.70. The fourth-order valence-corrected chi connectivity index (χ4v) is 4.72. The van der Waals surface area contributed by atoms with Crippen LogP contribution in [0.1, 0.15) is 53.0 Å². The minimum Gasteiger partial charge on any atom is -0.353 e. The Morgan fingerprint density at radius 1 is 1.03 bits per heavy atom. The van der Waals surface area contributed by atoms with Crippen LogP contribution in [0.4, 0.5) is 4.39 Å². The van der Waals surface area contributed by atoms with Crippen molar-refractivity contribution in [1.29, 1.82) is 0 Å². The number of benzene rings is 2. The topological polar surface area (TPSA) is 79.0 Å². The van der Waals surface area contributed by atoms with Crippen LogP contribution in [-0.4, -0.2) is 65.0 Å². The van der Waals surface area contributed by atoms with E-state index in [4.69, 9.17) is 4.74 Å². The van der Waals surface area contributed by atoms with E-state index in [1.54, 1.807) is 4.90 Å². The monoisotopic (exact) mass is 467 g/mol. The number of carbonyl (C=O) groups excluding carboxylic acids is 3. The Hall–Kier alpha value is -3.26. The van der Waals surface area contributed by atoms with Gasteiger partial charge in [-0.05, 0) is 56.7 Å². The molecule has 2 fully saturated rings. The highest BCUT2D eigenvalue weighted by Gasteiger charge is 2.54. The molecule has 1 atom stereocenters. The molecule has 180 valence electrons. The Balaban J connectivity index is 1.58. The van der Waals surface area contributed by atoms with Gasteiger partial charge in [0.25, 0.3) is 11.8 Å². The number of halogens is 1. The van der Waals surface area contributed by atoms with Crippen LogP contribution in [0.5, 0.6) is 0 Å². The second kappa shape index (κ2) is 9.54. The van der Waals surface area contributed by atoms with E-state index in [0.29, 0.717) is 31.5 Å². The first-order valence-electron chi connectivity index (χ1n) is 11.6. The number of rotatable bonds is 4. The van der Waals surface area contributed by atoms with E-state index in [-0.39, 0.29) is 35.9 Å². The summed E-state index contributed by atoms with van der Waals surface area (Å²) in [6.07, 6.45) is 0.756. The van der Waals surface area contributed by atoms with Gasteiger partial charge in [-0.2, -0.15) is 0 Å². The predicted molar refractivity (Wildman–Crippen MR) is 125 cm³/mol. The molecule has 2 aliphatic heterocycles. The lowest BCUT2D eigenvalue weighted by molar-refractivity contribution is -0.128. The molecule has 0 aromatic heterocycles. The Labute approximate surface area is 198 Å². The summed E-state index contributed by atoms with van der Waals surface area (Å²) >= 11 is 0. The molecular weight excluding hydrogens is 437 g/mol. The van der Waals surface area contributed by atoms with Crippen molar-refractivity contribution in [3.63, 3.8) is 0 Å². The third-order valence-corrected chi connectivity index (χ3v) is 6.51. The second-order valence-corrected chi connectivity index (χ2v) is 9.23. The van der Waals surface area contributed by atoms with Crippen LogP contribution in [0, 0.1) is 12.7 Å². The molecule has 7 nitrogen and oxygen atoms in total. The number of hydrogen-bond donors (Lipinski definition) is 1. The van der Waals surface area contributed by atoms with Crippen molar-refractivity contribution in [2.75, 3.05) is 19.7 Å². The summed E-state index contributed by atoms with van der Waals surface area (Å²) in [6, 6.07) is 11.8. The quantitative estimate of drug-likeness (QED) is 0.750. The maximum atomic E-state index is 13.6. The normalized spacial score (nSPS) is 19.5. The molecule has 0 radical (unpaired) electrons. The first kappa shape index (κ1) is 23.9. The molecule has 34 heavy (non-hydrogen) atoms. The van der Waals surface area contributed by atoms with Gasteiger partial charge in [-0.1, -0.05) is 18.2 Å². The molecule has 2 aromatic rings. The zero-order valence-corrected chi connectivity index (χ0v) is 19.7. The van der Waals surface area contributed by atoms with Gasteiger partial charge in [0, 0.05) is 43.1 Å². The summed E-state index contributed by atoms with van der Waals surface area (Å²) < 4.78 is 19.6. The van der Waals surface area contributed by atoms with Crippen LogP contribution in [0.2, 0.25) is 0 Å². The van der Waals surface area contributed by atoms with Crippen molar-refractivity contribution in [2.24, 2.45) is 0 Å². The molecule has 0 bridgehead atoms. The van der Waals surface area contributed by atoms with Gasteiger partial charge < -0.3 is 15.0 Å². The van der Waals surface area contributed by atoms with Crippen LogP contribution in [0.25, 0.3) is 0 Å². The molecule has 4 rings (SSSR count). The number of hydrogen-bond acceptors (Lipinski definition) is 4. The zero-order valence-electron chi connectivity index (χ0n) is 19.7. The van der Waals surface area contributed by atoms with Gasteiger partial charge in [-0.15, -0.1) is 0 Å². The molecule has 2 heterocycles. The number of carbonyl (C=O) groups is 3. The van der Waals surface area contributed by atoms with E-state index in [1.807, 2.05) is 45.0 Å². The molecule has 3 amide bonds. The fourth-order valence-electron chi connectivity index (χ4n) is 4.72. The number of ether oxygens (including phenoxy) is 1. The van der Waals surface area contributed by atoms with E-state index in [1.165, 1.54) is 29.2 Å². The molecule has 0 saturated carbocycles. The van der Waals surface area contributed by atoms with Crippen LogP contribution >= 0.6 is 0 Å². The summed E-state index contributed by atoms with van der Waals surface area (Å²) in [5, 5.41) is 2.87. The van der Waals surface area contributed by atoms with E-state index >= 15 is 0 Å². The van der Waals surface area contributed by atoms with Gasteiger partial charge in [0.2, 0.25) is 5.91 Å². The number of piperidine rings is 1. The number of nitrogens with zero attached hydrogens (tertiary/aromatic N) is 2. The average molecular weight is 468 g/mol. The molecule has 0 aliphatic carbocycles. The molecule has 1 unspecified atom stereocenters. The summed E-state index contributed by atoms with van der Waals surface area (Å²) in [4.78, 5) is 42.9. The second-order valence-electron chi connectivity index (χ2n) is 9.23. The molecular formula is C26H30FN3O4. The van der Waals surface area contributed by atoms with Gasteiger partial charge in [0.1, 0.15) is 17.6 Å². The maximum Gasteiger partial charge on any atom is 0.256 e. The SMILES string of the molecule is Cc1ccccc1C(=O)N1CCC2(CC1)OCC(C(=O)NC(C)C)N2C(=O)c1ccc(F)cc1. The first-order valence-corrected chi connectivity index (χ1v) is 11.6. The van der Waals surface area contributed by atoms with Crippen molar-refractivity contribution >= 4 is 17.7 Å².